The van der Waals surface area contributed by atoms with Gasteiger partial charge in [-0.25, -0.2) is 18.1 Å². The molecule has 4 aromatic rings. The van der Waals surface area contributed by atoms with Crippen molar-refractivity contribution < 1.29 is 17.9 Å². The number of carbonyl (C=O) groups is 1. The van der Waals surface area contributed by atoms with E-state index in [1.807, 2.05) is 36.9 Å². The van der Waals surface area contributed by atoms with E-state index in [2.05, 4.69) is 44.1 Å². The van der Waals surface area contributed by atoms with E-state index in [0.717, 1.165) is 29.5 Å². The largest absolute Gasteiger partial charge is 0.472 e. The summed E-state index contributed by atoms with van der Waals surface area (Å²) in [4.78, 5) is 24.0. The maximum atomic E-state index is 13.2. The molecule has 42 heavy (non-hydrogen) atoms. The van der Waals surface area contributed by atoms with E-state index in [0.29, 0.717) is 37.5 Å². The Morgan fingerprint density at radius 1 is 1.05 bits per heavy atom. The number of rotatable bonds is 8. The molecular weight excluding hydrogens is 552 g/mol. The van der Waals surface area contributed by atoms with Crippen LogP contribution in [0.15, 0.2) is 65.8 Å². The molecule has 2 aromatic heterocycles. The van der Waals surface area contributed by atoms with Crippen molar-refractivity contribution in [2.75, 3.05) is 17.8 Å². The second-order valence-electron chi connectivity index (χ2n) is 11.3. The monoisotopic (exact) mass is 586 g/mol. The van der Waals surface area contributed by atoms with Gasteiger partial charge in [0.15, 0.2) is 0 Å². The molecule has 0 radical (unpaired) electrons. The Morgan fingerprint density at radius 2 is 1.76 bits per heavy atom. The van der Waals surface area contributed by atoms with E-state index < -0.39 is 10.0 Å². The highest BCUT2D eigenvalue weighted by Crippen LogP contribution is 2.32. The van der Waals surface area contributed by atoms with Gasteiger partial charge in [0.2, 0.25) is 17.7 Å². The lowest BCUT2D eigenvalue weighted by Gasteiger charge is -2.19. The number of likely N-dealkylation sites (tertiary alicyclic amines) is 1. The van der Waals surface area contributed by atoms with Gasteiger partial charge in [-0.1, -0.05) is 42.5 Å². The highest BCUT2D eigenvalue weighted by atomic mass is 32.2. The van der Waals surface area contributed by atoms with Gasteiger partial charge in [-0.05, 0) is 54.9 Å². The van der Waals surface area contributed by atoms with Gasteiger partial charge >= 0.3 is 0 Å². The second-order valence-corrected chi connectivity index (χ2v) is 12.9. The molecule has 218 valence electrons. The molecule has 1 aliphatic carbocycles. The standard InChI is InChI=1S/C31H34N6O4S/c1-20-7-6-8-21(2)30(20)27-16-28(34-31(33-27)35-42(39,40)26-17-32-36(3)19-26)41-25-11-12-37(18-25)29(38)15-22-13-23-9-4-5-10-24(23)14-22/h4-10,16-17,19,22,25H,11-15,18H2,1-3H3,(H,33,34,35). The molecule has 0 spiro atoms. The van der Waals surface area contributed by atoms with E-state index in [9.17, 15) is 13.2 Å². The normalized spacial score (nSPS) is 16.9. The Kier molecular flexibility index (Phi) is 7.44. The zero-order valence-electron chi connectivity index (χ0n) is 23.9. The van der Waals surface area contributed by atoms with E-state index in [4.69, 9.17) is 4.74 Å². The number of sulfonamides is 1. The van der Waals surface area contributed by atoms with Gasteiger partial charge in [0.1, 0.15) is 11.0 Å². The SMILES string of the molecule is Cc1cccc(C)c1-c1cc(OC2CCN(C(=O)CC3Cc4ccccc4C3)C2)nc(NS(=O)(=O)c2cnn(C)c2)n1. The summed E-state index contributed by atoms with van der Waals surface area (Å²) in [6, 6.07) is 16.1. The summed E-state index contributed by atoms with van der Waals surface area (Å²) < 4.78 is 36.3. The number of fused-ring (bicyclic) bond motifs is 1. The molecule has 11 heteroatoms. The molecule has 1 amide bonds. The third-order valence-corrected chi connectivity index (χ3v) is 9.32. The van der Waals surface area contributed by atoms with Gasteiger partial charge in [-0.3, -0.25) is 9.48 Å². The fraction of sp³-hybridized carbons (Fsp3) is 0.355. The number of nitrogens with one attached hydrogen (secondary N) is 1. The maximum Gasteiger partial charge on any atom is 0.267 e. The lowest BCUT2D eigenvalue weighted by atomic mass is 10.00. The van der Waals surface area contributed by atoms with Crippen molar-refractivity contribution in [2.24, 2.45) is 13.0 Å². The molecule has 1 aliphatic heterocycles. The van der Waals surface area contributed by atoms with Crippen molar-refractivity contribution in [1.29, 1.82) is 0 Å². The zero-order valence-corrected chi connectivity index (χ0v) is 24.8. The molecule has 1 saturated heterocycles. The first-order chi connectivity index (χ1) is 20.1. The van der Waals surface area contributed by atoms with Crippen LogP contribution >= 0.6 is 0 Å². The average molecular weight is 587 g/mol. The number of carbonyl (C=O) groups excluding carboxylic acids is 1. The van der Waals surface area contributed by atoms with Crippen LogP contribution in [0.1, 0.15) is 35.1 Å². The third-order valence-electron chi connectivity index (χ3n) is 8.04. The predicted octanol–water partition coefficient (Wildman–Crippen LogP) is 4.08. The molecule has 1 atom stereocenters. The van der Waals surface area contributed by atoms with Crippen molar-refractivity contribution in [3.8, 4) is 17.1 Å². The Hall–Kier alpha value is -4.25. The van der Waals surface area contributed by atoms with Crippen LogP contribution in [-0.4, -0.2) is 58.2 Å². The van der Waals surface area contributed by atoms with E-state index >= 15 is 0 Å². The van der Waals surface area contributed by atoms with Crippen molar-refractivity contribution in [2.45, 2.75) is 50.5 Å². The summed E-state index contributed by atoms with van der Waals surface area (Å²) in [6.45, 7) is 5.03. The molecule has 10 nitrogen and oxygen atoms in total. The molecule has 1 fully saturated rings. The van der Waals surface area contributed by atoms with E-state index in [-0.39, 0.29) is 28.7 Å². The van der Waals surface area contributed by atoms with Crippen LogP contribution in [-0.2, 0) is 34.7 Å². The van der Waals surface area contributed by atoms with Crippen LogP contribution in [0.25, 0.3) is 11.3 Å². The second kappa shape index (κ2) is 11.2. The molecule has 3 heterocycles. The molecule has 2 aliphatic rings. The van der Waals surface area contributed by atoms with Gasteiger partial charge in [0, 0.05) is 44.3 Å². The molecule has 2 aromatic carbocycles. The van der Waals surface area contributed by atoms with Crippen LogP contribution in [0.4, 0.5) is 5.95 Å². The van der Waals surface area contributed by atoms with Crippen molar-refractivity contribution in [1.82, 2.24) is 24.6 Å². The average Bonchev–Trinajstić information content (AvgIpc) is 3.68. The van der Waals surface area contributed by atoms with Gasteiger partial charge in [0.05, 0.1) is 18.4 Å². The Morgan fingerprint density at radius 3 is 2.43 bits per heavy atom. The van der Waals surface area contributed by atoms with Crippen molar-refractivity contribution in [3.05, 3.63) is 83.2 Å². The first-order valence-electron chi connectivity index (χ1n) is 14.1. The number of amides is 1. The summed E-state index contributed by atoms with van der Waals surface area (Å²) in [5.41, 5.74) is 6.10. The van der Waals surface area contributed by atoms with Crippen molar-refractivity contribution >= 4 is 21.9 Å². The molecule has 6 rings (SSSR count). The Balaban J connectivity index is 1.20. The van der Waals surface area contributed by atoms with Gasteiger partial charge in [0.25, 0.3) is 10.0 Å². The smallest absolute Gasteiger partial charge is 0.267 e. The van der Waals surface area contributed by atoms with Gasteiger partial charge < -0.3 is 9.64 Å². The molecular formula is C31H34N6O4S. The number of hydrogen-bond donors (Lipinski definition) is 1. The number of ether oxygens (including phenoxy) is 1. The minimum absolute atomic E-state index is 0.00356. The Bertz CT molecular complexity index is 1710. The number of aryl methyl sites for hydroxylation is 3. The quantitative estimate of drug-likeness (QED) is 0.330. The van der Waals surface area contributed by atoms with Crippen molar-refractivity contribution in [3.63, 3.8) is 0 Å². The van der Waals surface area contributed by atoms with Crippen LogP contribution in [0.3, 0.4) is 0 Å². The van der Waals surface area contributed by atoms with Gasteiger partial charge in [-0.2, -0.15) is 10.1 Å². The highest BCUT2D eigenvalue weighted by Gasteiger charge is 2.31. The number of anilines is 1. The molecule has 0 bridgehead atoms. The maximum absolute atomic E-state index is 13.2. The molecule has 1 N–H and O–H groups in total. The predicted molar refractivity (Wildman–Crippen MR) is 159 cm³/mol. The number of benzene rings is 2. The molecule has 1 unspecified atom stereocenters. The fourth-order valence-electron chi connectivity index (χ4n) is 5.99. The lowest BCUT2D eigenvalue weighted by molar-refractivity contribution is -0.131. The van der Waals surface area contributed by atoms with Crippen LogP contribution in [0.5, 0.6) is 5.88 Å². The number of hydrogen-bond acceptors (Lipinski definition) is 7. The zero-order chi connectivity index (χ0) is 29.4. The minimum Gasteiger partial charge on any atom is -0.472 e. The number of nitrogens with zero attached hydrogens (tertiary/aromatic N) is 5. The fourth-order valence-corrected chi connectivity index (χ4v) is 6.91. The lowest BCUT2D eigenvalue weighted by Crippen LogP contribution is -2.32. The number of aromatic nitrogens is 4. The summed E-state index contributed by atoms with van der Waals surface area (Å²) in [5.74, 6) is 0.618. The summed E-state index contributed by atoms with van der Waals surface area (Å²) >= 11 is 0. The topological polar surface area (TPSA) is 119 Å². The van der Waals surface area contributed by atoms with Crippen LogP contribution < -0.4 is 9.46 Å². The van der Waals surface area contributed by atoms with Gasteiger partial charge in [-0.15, -0.1) is 0 Å². The minimum atomic E-state index is -3.97. The first-order valence-corrected chi connectivity index (χ1v) is 15.6. The summed E-state index contributed by atoms with van der Waals surface area (Å²) in [5, 5.41) is 3.96. The van der Waals surface area contributed by atoms with Crippen LogP contribution in [0.2, 0.25) is 0 Å². The van der Waals surface area contributed by atoms with E-state index in [1.165, 1.54) is 28.2 Å². The summed E-state index contributed by atoms with van der Waals surface area (Å²) in [6.07, 6.45) is 5.47. The molecule has 0 saturated carbocycles. The third kappa shape index (κ3) is 5.87. The highest BCUT2D eigenvalue weighted by molar-refractivity contribution is 7.92. The summed E-state index contributed by atoms with van der Waals surface area (Å²) in [7, 11) is -2.33. The first kappa shape index (κ1) is 27.9. The Labute approximate surface area is 245 Å². The van der Waals surface area contributed by atoms with E-state index in [1.54, 1.807) is 13.1 Å². The van der Waals surface area contributed by atoms with Crippen LogP contribution in [0, 0.1) is 19.8 Å².